The molecule has 1 aliphatic carbocycles. The summed E-state index contributed by atoms with van der Waals surface area (Å²) < 4.78 is 0. The van der Waals surface area contributed by atoms with Crippen LogP contribution in [0.2, 0.25) is 0 Å². The molecule has 0 aromatic carbocycles. The average molecular weight is 233 g/mol. The van der Waals surface area contributed by atoms with Crippen molar-refractivity contribution < 1.29 is 0 Å². The Hall–Kier alpha value is -1.16. The summed E-state index contributed by atoms with van der Waals surface area (Å²) in [6.07, 6.45) is 4.45. The molecule has 1 fully saturated rings. The first kappa shape index (κ1) is 10.0. The number of anilines is 1. The van der Waals surface area contributed by atoms with Gasteiger partial charge in [0.15, 0.2) is 0 Å². The summed E-state index contributed by atoms with van der Waals surface area (Å²) in [5, 5.41) is 6.66. The van der Waals surface area contributed by atoms with Crippen molar-refractivity contribution in [1.29, 1.82) is 0 Å². The number of hydrogen-bond donors (Lipinski definition) is 1. The molecule has 1 aliphatic rings. The standard InChI is InChI=1S/C12H15N3S/c1-8(9-2-3-9)6-13-11-10-4-5-16-12(10)15-7-14-11/h4-5,7-9H,2-3,6H2,1H3,(H,13,14,15). The van der Waals surface area contributed by atoms with Crippen LogP contribution in [0.5, 0.6) is 0 Å². The molecule has 0 radical (unpaired) electrons. The number of nitrogens with zero attached hydrogens (tertiary/aromatic N) is 2. The van der Waals surface area contributed by atoms with Crippen LogP contribution in [-0.2, 0) is 0 Å². The Balaban J connectivity index is 1.75. The van der Waals surface area contributed by atoms with Crippen LogP contribution in [0, 0.1) is 11.8 Å². The third-order valence-corrected chi connectivity index (χ3v) is 4.10. The highest BCUT2D eigenvalue weighted by molar-refractivity contribution is 7.16. The van der Waals surface area contributed by atoms with Crippen molar-refractivity contribution >= 4 is 27.4 Å². The van der Waals surface area contributed by atoms with E-state index in [4.69, 9.17) is 0 Å². The Morgan fingerprint density at radius 2 is 2.38 bits per heavy atom. The normalized spacial score (nSPS) is 17.6. The van der Waals surface area contributed by atoms with E-state index >= 15 is 0 Å². The Bertz CT molecular complexity index is 490. The molecule has 2 heterocycles. The molecule has 0 amide bonds. The summed E-state index contributed by atoms with van der Waals surface area (Å²) in [5.74, 6) is 2.68. The highest BCUT2D eigenvalue weighted by Gasteiger charge is 2.27. The number of thiophene rings is 1. The molecule has 84 valence electrons. The monoisotopic (exact) mass is 233 g/mol. The topological polar surface area (TPSA) is 37.8 Å². The van der Waals surface area contributed by atoms with E-state index in [1.54, 1.807) is 17.7 Å². The van der Waals surface area contributed by atoms with Crippen molar-refractivity contribution in [3.8, 4) is 0 Å². The molecule has 2 aromatic heterocycles. The minimum absolute atomic E-state index is 0.753. The quantitative estimate of drug-likeness (QED) is 0.881. The van der Waals surface area contributed by atoms with Gasteiger partial charge in [0, 0.05) is 6.54 Å². The van der Waals surface area contributed by atoms with Crippen LogP contribution in [0.1, 0.15) is 19.8 Å². The second-order valence-electron chi connectivity index (χ2n) is 4.56. The minimum Gasteiger partial charge on any atom is -0.369 e. The molecule has 0 aliphatic heterocycles. The molecule has 0 spiro atoms. The number of fused-ring (bicyclic) bond motifs is 1. The van der Waals surface area contributed by atoms with Crippen LogP contribution in [0.15, 0.2) is 17.8 Å². The van der Waals surface area contributed by atoms with Gasteiger partial charge in [-0.2, -0.15) is 0 Å². The summed E-state index contributed by atoms with van der Waals surface area (Å²) in [6, 6.07) is 2.09. The maximum Gasteiger partial charge on any atom is 0.138 e. The van der Waals surface area contributed by atoms with Crippen LogP contribution in [-0.4, -0.2) is 16.5 Å². The van der Waals surface area contributed by atoms with E-state index in [0.717, 1.165) is 34.4 Å². The fourth-order valence-electron chi connectivity index (χ4n) is 2.02. The third-order valence-electron chi connectivity index (χ3n) is 3.28. The van der Waals surface area contributed by atoms with E-state index in [2.05, 4.69) is 33.7 Å². The first-order chi connectivity index (χ1) is 7.84. The Labute approximate surface area is 98.9 Å². The summed E-state index contributed by atoms with van der Waals surface area (Å²) >= 11 is 1.66. The van der Waals surface area contributed by atoms with Gasteiger partial charge in [0.25, 0.3) is 0 Å². The minimum atomic E-state index is 0.753. The summed E-state index contributed by atoms with van der Waals surface area (Å²) in [5.41, 5.74) is 0. The zero-order valence-corrected chi connectivity index (χ0v) is 10.1. The highest BCUT2D eigenvalue weighted by Crippen LogP contribution is 2.36. The lowest BCUT2D eigenvalue weighted by molar-refractivity contribution is 0.536. The van der Waals surface area contributed by atoms with Gasteiger partial charge in [-0.05, 0) is 36.1 Å². The van der Waals surface area contributed by atoms with Crippen LogP contribution in [0.3, 0.4) is 0 Å². The summed E-state index contributed by atoms with van der Waals surface area (Å²) in [6.45, 7) is 3.34. The van der Waals surface area contributed by atoms with Crippen molar-refractivity contribution in [3.63, 3.8) is 0 Å². The number of aromatic nitrogens is 2. The number of hydrogen-bond acceptors (Lipinski definition) is 4. The largest absolute Gasteiger partial charge is 0.369 e. The smallest absolute Gasteiger partial charge is 0.138 e. The molecule has 16 heavy (non-hydrogen) atoms. The Kier molecular flexibility index (Phi) is 2.52. The van der Waals surface area contributed by atoms with Crippen LogP contribution < -0.4 is 5.32 Å². The molecule has 4 heteroatoms. The first-order valence-corrected chi connectivity index (χ1v) is 6.64. The molecule has 2 aromatic rings. The Morgan fingerprint density at radius 1 is 1.50 bits per heavy atom. The second kappa shape index (κ2) is 4.01. The third kappa shape index (κ3) is 1.89. The average Bonchev–Trinajstić information content (AvgIpc) is 3.04. The summed E-state index contributed by atoms with van der Waals surface area (Å²) in [7, 11) is 0. The van der Waals surface area contributed by atoms with Crippen LogP contribution >= 0.6 is 11.3 Å². The van der Waals surface area contributed by atoms with Crippen LogP contribution in [0.25, 0.3) is 10.2 Å². The molecule has 3 nitrogen and oxygen atoms in total. The van der Waals surface area contributed by atoms with Gasteiger partial charge in [-0.3, -0.25) is 0 Å². The maximum atomic E-state index is 4.32. The van der Waals surface area contributed by atoms with Gasteiger partial charge in [0.05, 0.1) is 5.39 Å². The summed E-state index contributed by atoms with van der Waals surface area (Å²) in [4.78, 5) is 9.63. The SMILES string of the molecule is CC(CNc1ncnc2sccc12)C1CC1. The number of nitrogens with one attached hydrogen (secondary N) is 1. The van der Waals surface area contributed by atoms with Gasteiger partial charge in [-0.1, -0.05) is 6.92 Å². The fourth-order valence-corrected chi connectivity index (χ4v) is 2.75. The molecule has 1 saturated carbocycles. The van der Waals surface area contributed by atoms with Gasteiger partial charge < -0.3 is 5.32 Å². The van der Waals surface area contributed by atoms with Crippen molar-refractivity contribution in [3.05, 3.63) is 17.8 Å². The molecule has 1 unspecified atom stereocenters. The van der Waals surface area contributed by atoms with Crippen molar-refractivity contribution in [1.82, 2.24) is 9.97 Å². The van der Waals surface area contributed by atoms with Crippen molar-refractivity contribution in [2.24, 2.45) is 11.8 Å². The van der Waals surface area contributed by atoms with Crippen LogP contribution in [0.4, 0.5) is 5.82 Å². The van der Waals surface area contributed by atoms with E-state index < -0.39 is 0 Å². The van der Waals surface area contributed by atoms with Gasteiger partial charge >= 0.3 is 0 Å². The second-order valence-corrected chi connectivity index (χ2v) is 5.45. The van der Waals surface area contributed by atoms with Crippen molar-refractivity contribution in [2.75, 3.05) is 11.9 Å². The van der Waals surface area contributed by atoms with E-state index in [1.807, 2.05) is 0 Å². The van der Waals surface area contributed by atoms with Gasteiger partial charge in [-0.25, -0.2) is 9.97 Å². The fraction of sp³-hybridized carbons (Fsp3) is 0.500. The highest BCUT2D eigenvalue weighted by atomic mass is 32.1. The lowest BCUT2D eigenvalue weighted by Gasteiger charge is -2.12. The first-order valence-electron chi connectivity index (χ1n) is 5.76. The van der Waals surface area contributed by atoms with Gasteiger partial charge in [0.2, 0.25) is 0 Å². The van der Waals surface area contributed by atoms with E-state index in [9.17, 15) is 0 Å². The molecular weight excluding hydrogens is 218 g/mol. The molecule has 0 bridgehead atoms. The Morgan fingerprint density at radius 3 is 3.19 bits per heavy atom. The predicted molar refractivity (Wildman–Crippen MR) is 67.8 cm³/mol. The zero-order chi connectivity index (χ0) is 11.0. The lowest BCUT2D eigenvalue weighted by atomic mass is 10.1. The molecule has 1 N–H and O–H groups in total. The van der Waals surface area contributed by atoms with Gasteiger partial charge in [0.1, 0.15) is 17.0 Å². The maximum absolute atomic E-state index is 4.32. The zero-order valence-electron chi connectivity index (χ0n) is 9.31. The molecule has 0 saturated heterocycles. The predicted octanol–water partition coefficient (Wildman–Crippen LogP) is 3.15. The van der Waals surface area contributed by atoms with E-state index in [-0.39, 0.29) is 0 Å². The molecular formula is C12H15N3S. The van der Waals surface area contributed by atoms with Crippen molar-refractivity contribution in [2.45, 2.75) is 19.8 Å². The molecule has 3 rings (SSSR count). The molecule has 1 atom stereocenters. The van der Waals surface area contributed by atoms with E-state index in [0.29, 0.717) is 0 Å². The lowest BCUT2D eigenvalue weighted by Crippen LogP contribution is -2.13. The van der Waals surface area contributed by atoms with Gasteiger partial charge in [-0.15, -0.1) is 11.3 Å². The van der Waals surface area contributed by atoms with E-state index in [1.165, 1.54) is 12.8 Å². The number of rotatable bonds is 4.